The van der Waals surface area contributed by atoms with Gasteiger partial charge in [-0.1, -0.05) is 173 Å². The summed E-state index contributed by atoms with van der Waals surface area (Å²) >= 11 is 0. The fourth-order valence-corrected chi connectivity index (χ4v) is 8.48. The molecule has 0 aliphatic carbocycles. The molecule has 0 aliphatic rings. The highest BCUT2D eigenvalue weighted by Gasteiger charge is 2.14. The first kappa shape index (κ1) is 61.2. The molecule has 6 aromatic carbocycles. The summed E-state index contributed by atoms with van der Waals surface area (Å²) < 4.78 is 63.0. The number of hydrogen-bond acceptors (Lipinski definition) is 8. The minimum atomic E-state index is -0.449. The number of rotatable bonds is 35. The highest BCUT2D eigenvalue weighted by molar-refractivity contribution is 5.92. The van der Waals surface area contributed by atoms with Gasteiger partial charge in [-0.3, -0.25) is 0 Å². The van der Waals surface area contributed by atoms with Gasteiger partial charge < -0.3 is 28.4 Å². The minimum Gasteiger partial charge on any atom is -0.494 e. The molecular formula is C67H84F2O8. The van der Waals surface area contributed by atoms with E-state index in [-0.39, 0.29) is 23.1 Å². The average Bonchev–Trinajstić information content (AvgIpc) is 3.45. The van der Waals surface area contributed by atoms with E-state index < -0.39 is 11.9 Å². The summed E-state index contributed by atoms with van der Waals surface area (Å²) in [6.07, 6.45) is 24.5. The van der Waals surface area contributed by atoms with Crippen LogP contribution in [0.2, 0.25) is 0 Å². The molecule has 0 saturated heterocycles. The van der Waals surface area contributed by atoms with Crippen molar-refractivity contribution in [2.45, 2.75) is 163 Å². The fraction of sp³-hybridized carbons (Fsp3) is 0.433. The largest absolute Gasteiger partial charge is 0.494 e. The summed E-state index contributed by atoms with van der Waals surface area (Å²) in [6.45, 7) is 11.2. The molecule has 6 rings (SSSR count). The van der Waals surface area contributed by atoms with Gasteiger partial charge in [0, 0.05) is 0 Å². The van der Waals surface area contributed by atoms with Gasteiger partial charge in [-0.25, -0.2) is 18.4 Å². The van der Waals surface area contributed by atoms with Crippen molar-refractivity contribution < 1.29 is 46.8 Å². The van der Waals surface area contributed by atoms with E-state index in [1.54, 1.807) is 84.9 Å². The van der Waals surface area contributed by atoms with Crippen LogP contribution in [0, 0.1) is 11.6 Å². The maximum Gasteiger partial charge on any atom is 0.343 e. The molecular weight excluding hydrogens is 971 g/mol. The van der Waals surface area contributed by atoms with Crippen molar-refractivity contribution in [2.75, 3.05) is 26.4 Å². The third kappa shape index (κ3) is 23.2. The van der Waals surface area contributed by atoms with Crippen LogP contribution in [0.4, 0.5) is 8.78 Å². The predicted octanol–water partition coefficient (Wildman–Crippen LogP) is 19.2. The number of benzene rings is 6. The maximum absolute atomic E-state index is 14.6. The first-order chi connectivity index (χ1) is 37.7. The Kier molecular flexibility index (Phi) is 28.9. The maximum atomic E-state index is 14.6. The van der Waals surface area contributed by atoms with Crippen LogP contribution in [-0.4, -0.2) is 38.4 Å². The van der Waals surface area contributed by atoms with Gasteiger partial charge in [0.25, 0.3) is 0 Å². The number of halogens is 2. The fourth-order valence-electron chi connectivity index (χ4n) is 8.48. The zero-order valence-corrected chi connectivity index (χ0v) is 46.4. The first-order valence-electron chi connectivity index (χ1n) is 28.7. The third-order valence-corrected chi connectivity index (χ3v) is 13.1. The molecule has 77 heavy (non-hydrogen) atoms. The molecule has 0 unspecified atom stereocenters. The summed E-state index contributed by atoms with van der Waals surface area (Å²) in [6, 6.07) is 38.0. The van der Waals surface area contributed by atoms with Crippen LogP contribution in [0.25, 0.3) is 22.3 Å². The standard InChI is InChI=1S/C34H43FO4.C33H41FO4/c1-3-5-7-9-11-13-25-38-33-23-18-29(26-32(33)35)27-14-16-28(17-15-27)34(36)39-31-21-19-30(20-22-31)37-24-12-10-8-6-4-2;1-3-5-7-9-11-23-36-29-18-20-30(21-19-29)38-33(35)27-15-13-26(14-16-27)28-17-22-32(31(34)25-28)37-24-12-10-8-6-4-2/h14-23,26H,3-13,24-25H2,1-2H3;13-22,25H,3-12,23-24H2,1-2H3. The van der Waals surface area contributed by atoms with E-state index in [0.29, 0.717) is 49.1 Å². The van der Waals surface area contributed by atoms with E-state index in [0.717, 1.165) is 72.3 Å². The van der Waals surface area contributed by atoms with E-state index >= 15 is 0 Å². The molecule has 0 heterocycles. The number of ether oxygens (including phenoxy) is 6. The molecule has 0 amide bonds. The Morgan fingerprint density at radius 3 is 0.896 bits per heavy atom. The molecule has 0 atom stereocenters. The third-order valence-electron chi connectivity index (χ3n) is 13.1. The number of carbonyl (C=O) groups excluding carboxylic acids is 2. The van der Waals surface area contributed by atoms with Gasteiger partial charge in [-0.2, -0.15) is 0 Å². The Labute approximate surface area is 458 Å². The van der Waals surface area contributed by atoms with Crippen molar-refractivity contribution in [1.82, 2.24) is 0 Å². The number of unbranched alkanes of at least 4 members (excludes halogenated alkanes) is 17. The van der Waals surface area contributed by atoms with E-state index in [4.69, 9.17) is 28.4 Å². The Hall–Kier alpha value is -6.68. The Balaban J connectivity index is 0.000000284. The molecule has 0 aromatic heterocycles. The summed E-state index contributed by atoms with van der Waals surface area (Å²) in [5, 5.41) is 0. The lowest BCUT2D eigenvalue weighted by molar-refractivity contribution is 0.0725. The van der Waals surface area contributed by atoms with Crippen LogP contribution < -0.4 is 28.4 Å². The summed E-state index contributed by atoms with van der Waals surface area (Å²) in [7, 11) is 0. The SMILES string of the molecule is CCCCCCCCOc1ccc(-c2ccc(C(=O)Oc3ccc(OCCCCCCC)cc3)cc2)cc1F.CCCCCCCOc1ccc(OC(=O)c2ccc(-c3ccc(OCCCCCCC)c(F)c3)cc2)cc1. The zero-order chi connectivity index (χ0) is 54.7. The Bertz CT molecular complexity index is 2560. The lowest BCUT2D eigenvalue weighted by Crippen LogP contribution is -2.08. The van der Waals surface area contributed by atoms with Gasteiger partial charge in [0.2, 0.25) is 0 Å². The quantitative estimate of drug-likeness (QED) is 0.0221. The highest BCUT2D eigenvalue weighted by atomic mass is 19.1. The minimum absolute atomic E-state index is 0.271. The van der Waals surface area contributed by atoms with Gasteiger partial charge in [-0.15, -0.1) is 0 Å². The second-order valence-corrected chi connectivity index (χ2v) is 19.6. The van der Waals surface area contributed by atoms with Gasteiger partial charge in [0.05, 0.1) is 37.6 Å². The van der Waals surface area contributed by atoms with Crippen molar-refractivity contribution in [3.63, 3.8) is 0 Å². The zero-order valence-electron chi connectivity index (χ0n) is 46.4. The van der Waals surface area contributed by atoms with Gasteiger partial charge in [0.15, 0.2) is 23.1 Å². The number of hydrogen-bond donors (Lipinski definition) is 0. The van der Waals surface area contributed by atoms with Crippen molar-refractivity contribution in [2.24, 2.45) is 0 Å². The van der Waals surface area contributed by atoms with Crippen molar-refractivity contribution in [3.8, 4) is 56.8 Å². The lowest BCUT2D eigenvalue weighted by Gasteiger charge is -2.10. The van der Waals surface area contributed by atoms with E-state index in [1.807, 2.05) is 36.4 Å². The van der Waals surface area contributed by atoms with Crippen LogP contribution in [0.5, 0.6) is 34.5 Å². The normalized spacial score (nSPS) is 10.8. The number of esters is 2. The second kappa shape index (κ2) is 36.4. The molecule has 6 aromatic rings. The van der Waals surface area contributed by atoms with Gasteiger partial charge >= 0.3 is 11.9 Å². The van der Waals surface area contributed by atoms with Crippen LogP contribution in [-0.2, 0) is 0 Å². The molecule has 0 N–H and O–H groups in total. The molecule has 414 valence electrons. The summed E-state index contributed by atoms with van der Waals surface area (Å²) in [5.74, 6) is 1.32. The monoisotopic (exact) mass is 1050 g/mol. The van der Waals surface area contributed by atoms with Crippen LogP contribution in [0.15, 0.2) is 133 Å². The first-order valence-corrected chi connectivity index (χ1v) is 28.7. The molecule has 10 heteroatoms. The molecule has 0 radical (unpaired) electrons. The molecule has 0 saturated carbocycles. The molecule has 0 fully saturated rings. The second-order valence-electron chi connectivity index (χ2n) is 19.6. The topological polar surface area (TPSA) is 89.5 Å². The predicted molar refractivity (Wildman–Crippen MR) is 308 cm³/mol. The highest BCUT2D eigenvalue weighted by Crippen LogP contribution is 2.29. The van der Waals surface area contributed by atoms with Crippen LogP contribution >= 0.6 is 0 Å². The number of carbonyl (C=O) groups is 2. The molecule has 0 bridgehead atoms. The smallest absolute Gasteiger partial charge is 0.343 e. The summed E-state index contributed by atoms with van der Waals surface area (Å²) in [4.78, 5) is 25.2. The van der Waals surface area contributed by atoms with Crippen LogP contribution in [0.1, 0.15) is 183 Å². The Morgan fingerprint density at radius 2 is 0.584 bits per heavy atom. The molecule has 0 aliphatic heterocycles. The van der Waals surface area contributed by atoms with Crippen molar-refractivity contribution >= 4 is 11.9 Å². The van der Waals surface area contributed by atoms with Gasteiger partial charge in [0.1, 0.15) is 23.0 Å². The van der Waals surface area contributed by atoms with Crippen LogP contribution in [0.3, 0.4) is 0 Å². The van der Waals surface area contributed by atoms with Crippen molar-refractivity contribution in [1.29, 1.82) is 0 Å². The summed E-state index contributed by atoms with van der Waals surface area (Å²) in [5.41, 5.74) is 3.90. The van der Waals surface area contributed by atoms with E-state index in [1.165, 1.54) is 108 Å². The van der Waals surface area contributed by atoms with Gasteiger partial charge in [-0.05, 0) is 145 Å². The van der Waals surface area contributed by atoms with E-state index in [9.17, 15) is 18.4 Å². The van der Waals surface area contributed by atoms with E-state index in [2.05, 4.69) is 27.7 Å². The average molecular weight is 1060 g/mol. The lowest BCUT2D eigenvalue weighted by atomic mass is 10.0. The molecule has 0 spiro atoms. The Morgan fingerprint density at radius 1 is 0.312 bits per heavy atom. The van der Waals surface area contributed by atoms with Crippen molar-refractivity contribution in [3.05, 3.63) is 156 Å². The molecule has 8 nitrogen and oxygen atoms in total.